The molecule has 1 heterocycles. The monoisotopic (exact) mass is 371 g/mol. The van der Waals surface area contributed by atoms with Gasteiger partial charge < -0.3 is 0 Å². The number of unbranched alkanes of at least 4 members (excludes halogenated alkanes) is 9. The quantitative estimate of drug-likeness (QED) is 0.209. The summed E-state index contributed by atoms with van der Waals surface area (Å²) in [6.45, 7) is 5.47. The Balaban J connectivity index is 0.00000576. The van der Waals surface area contributed by atoms with Gasteiger partial charge in [-0.3, -0.25) is 4.84 Å². The molecule has 1 saturated heterocycles. The number of allylic oxidation sites excluding steroid dienone is 4. The first-order valence-electron chi connectivity index (χ1n) is 10.6. The molecule has 25 heavy (non-hydrogen) atoms. The van der Waals surface area contributed by atoms with Crippen LogP contribution in [-0.4, -0.2) is 24.8 Å². The van der Waals surface area contributed by atoms with E-state index in [1.165, 1.54) is 83.5 Å². The van der Waals surface area contributed by atoms with Crippen molar-refractivity contribution >= 4 is 12.4 Å². The molecule has 0 radical (unpaired) electrons. The van der Waals surface area contributed by atoms with E-state index in [1.54, 1.807) is 0 Å². The summed E-state index contributed by atoms with van der Waals surface area (Å²) in [6.07, 6.45) is 27.6. The highest BCUT2D eigenvalue weighted by atomic mass is 35.5. The van der Waals surface area contributed by atoms with E-state index in [0.29, 0.717) is 0 Å². The fourth-order valence-corrected chi connectivity index (χ4v) is 3.10. The highest BCUT2D eigenvalue weighted by molar-refractivity contribution is 5.85. The first kappa shape index (κ1) is 24.7. The minimum Gasteiger partial charge on any atom is -0.299 e. The van der Waals surface area contributed by atoms with Crippen LogP contribution < -0.4 is 0 Å². The summed E-state index contributed by atoms with van der Waals surface area (Å²) in [7, 11) is 0. The lowest BCUT2D eigenvalue weighted by atomic mass is 10.1. The molecule has 0 N–H and O–H groups in total. The second-order valence-corrected chi connectivity index (χ2v) is 7.05. The zero-order valence-electron chi connectivity index (χ0n) is 16.6. The van der Waals surface area contributed by atoms with Crippen molar-refractivity contribution in [2.75, 3.05) is 19.7 Å². The summed E-state index contributed by atoms with van der Waals surface area (Å²) in [5.41, 5.74) is 0. The fourth-order valence-electron chi connectivity index (χ4n) is 3.10. The lowest BCUT2D eigenvalue weighted by Crippen LogP contribution is -2.20. The van der Waals surface area contributed by atoms with Gasteiger partial charge in [-0.25, -0.2) is 0 Å². The van der Waals surface area contributed by atoms with Crippen LogP contribution in [0.3, 0.4) is 0 Å². The molecule has 148 valence electrons. The molecular weight excluding hydrogens is 330 g/mol. The molecule has 0 atom stereocenters. The SMILES string of the molecule is CCCCC/C=C\C/C=C\CCCCCCCCON1CCCC1.Cl. The molecule has 0 saturated carbocycles. The van der Waals surface area contributed by atoms with E-state index in [4.69, 9.17) is 4.84 Å². The highest BCUT2D eigenvalue weighted by Gasteiger charge is 2.10. The molecule has 1 rings (SSSR count). The molecule has 0 aromatic rings. The van der Waals surface area contributed by atoms with E-state index < -0.39 is 0 Å². The van der Waals surface area contributed by atoms with Crippen LogP contribution in [0.25, 0.3) is 0 Å². The predicted octanol–water partition coefficient (Wildman–Crippen LogP) is 7.25. The van der Waals surface area contributed by atoms with Gasteiger partial charge in [0.05, 0.1) is 6.61 Å². The van der Waals surface area contributed by atoms with Crippen LogP contribution in [0, 0.1) is 0 Å². The zero-order valence-corrected chi connectivity index (χ0v) is 17.4. The average Bonchev–Trinajstić information content (AvgIpc) is 3.11. The van der Waals surface area contributed by atoms with Crippen LogP contribution >= 0.6 is 12.4 Å². The molecular formula is C22H42ClNO. The number of halogens is 1. The molecule has 0 unspecified atom stereocenters. The third-order valence-electron chi connectivity index (χ3n) is 4.68. The Morgan fingerprint density at radius 1 is 0.720 bits per heavy atom. The summed E-state index contributed by atoms with van der Waals surface area (Å²) in [4.78, 5) is 5.74. The molecule has 0 amide bonds. The molecule has 0 aromatic carbocycles. The lowest BCUT2D eigenvalue weighted by Gasteiger charge is -2.14. The number of hydroxylamine groups is 2. The maximum Gasteiger partial charge on any atom is 0.0685 e. The molecule has 1 aliphatic rings. The topological polar surface area (TPSA) is 12.5 Å². The molecule has 1 aliphatic heterocycles. The Kier molecular flexibility index (Phi) is 19.8. The van der Waals surface area contributed by atoms with Gasteiger partial charge in [0, 0.05) is 13.1 Å². The minimum atomic E-state index is 0. The van der Waals surface area contributed by atoms with Crippen molar-refractivity contribution in [3.63, 3.8) is 0 Å². The molecule has 0 bridgehead atoms. The normalized spacial score (nSPS) is 15.4. The van der Waals surface area contributed by atoms with Gasteiger partial charge in [-0.2, -0.15) is 5.06 Å². The van der Waals surface area contributed by atoms with E-state index in [2.05, 4.69) is 36.3 Å². The van der Waals surface area contributed by atoms with Crippen molar-refractivity contribution in [1.82, 2.24) is 5.06 Å². The standard InChI is InChI=1S/C22H41NO.ClH/c1-2-3-4-5-6-7-8-9-10-11-12-13-14-15-16-19-22-24-23-20-17-18-21-23;/h6-7,9-10H,2-5,8,11-22H2,1H3;1H/b7-6-,10-9-;. The third kappa shape index (κ3) is 16.9. The van der Waals surface area contributed by atoms with Gasteiger partial charge in [0.15, 0.2) is 0 Å². The van der Waals surface area contributed by atoms with E-state index in [9.17, 15) is 0 Å². The number of nitrogens with zero attached hydrogens (tertiary/aromatic N) is 1. The summed E-state index contributed by atoms with van der Waals surface area (Å²) in [5.74, 6) is 0. The van der Waals surface area contributed by atoms with Crippen LogP contribution in [0.5, 0.6) is 0 Å². The number of hydrogen-bond acceptors (Lipinski definition) is 2. The largest absolute Gasteiger partial charge is 0.299 e. The maximum atomic E-state index is 5.74. The van der Waals surface area contributed by atoms with E-state index in [-0.39, 0.29) is 12.4 Å². The number of rotatable bonds is 16. The summed E-state index contributed by atoms with van der Waals surface area (Å²) in [6, 6.07) is 0. The van der Waals surface area contributed by atoms with E-state index >= 15 is 0 Å². The van der Waals surface area contributed by atoms with Crippen molar-refractivity contribution in [3.8, 4) is 0 Å². The predicted molar refractivity (Wildman–Crippen MR) is 113 cm³/mol. The van der Waals surface area contributed by atoms with Crippen LogP contribution in [0.2, 0.25) is 0 Å². The fraction of sp³-hybridized carbons (Fsp3) is 0.818. The summed E-state index contributed by atoms with van der Waals surface area (Å²) >= 11 is 0. The van der Waals surface area contributed by atoms with Gasteiger partial charge in [0.2, 0.25) is 0 Å². The van der Waals surface area contributed by atoms with Crippen molar-refractivity contribution in [1.29, 1.82) is 0 Å². The third-order valence-corrected chi connectivity index (χ3v) is 4.68. The maximum absolute atomic E-state index is 5.74. The molecule has 0 aromatic heterocycles. The average molecular weight is 372 g/mol. The van der Waals surface area contributed by atoms with Crippen LogP contribution in [-0.2, 0) is 4.84 Å². The Morgan fingerprint density at radius 3 is 1.92 bits per heavy atom. The van der Waals surface area contributed by atoms with Gasteiger partial charge >= 0.3 is 0 Å². The Hall–Kier alpha value is -0.310. The van der Waals surface area contributed by atoms with Gasteiger partial charge in [-0.15, -0.1) is 12.4 Å². The first-order valence-corrected chi connectivity index (χ1v) is 10.6. The summed E-state index contributed by atoms with van der Waals surface area (Å²) in [5, 5.41) is 2.15. The molecule has 2 nitrogen and oxygen atoms in total. The lowest BCUT2D eigenvalue weighted by molar-refractivity contribution is -0.143. The van der Waals surface area contributed by atoms with E-state index in [1.807, 2.05) is 0 Å². The van der Waals surface area contributed by atoms with Crippen LogP contribution in [0.4, 0.5) is 0 Å². The Morgan fingerprint density at radius 2 is 1.28 bits per heavy atom. The van der Waals surface area contributed by atoms with Gasteiger partial charge in [-0.05, 0) is 51.4 Å². The Labute approximate surface area is 163 Å². The second-order valence-electron chi connectivity index (χ2n) is 7.05. The number of hydrogen-bond donors (Lipinski definition) is 0. The van der Waals surface area contributed by atoms with Gasteiger partial charge in [-0.1, -0.05) is 69.8 Å². The van der Waals surface area contributed by atoms with Crippen molar-refractivity contribution in [2.24, 2.45) is 0 Å². The smallest absolute Gasteiger partial charge is 0.0685 e. The van der Waals surface area contributed by atoms with E-state index in [0.717, 1.165) is 26.1 Å². The second kappa shape index (κ2) is 20.0. The molecule has 0 spiro atoms. The molecule has 1 fully saturated rings. The zero-order chi connectivity index (χ0) is 17.1. The summed E-state index contributed by atoms with van der Waals surface area (Å²) < 4.78 is 0. The van der Waals surface area contributed by atoms with Crippen LogP contribution in [0.15, 0.2) is 24.3 Å². The van der Waals surface area contributed by atoms with Crippen molar-refractivity contribution in [3.05, 3.63) is 24.3 Å². The van der Waals surface area contributed by atoms with Gasteiger partial charge in [0.25, 0.3) is 0 Å². The molecule has 3 heteroatoms. The van der Waals surface area contributed by atoms with Crippen molar-refractivity contribution in [2.45, 2.75) is 96.8 Å². The van der Waals surface area contributed by atoms with Crippen LogP contribution in [0.1, 0.15) is 96.8 Å². The van der Waals surface area contributed by atoms with Crippen molar-refractivity contribution < 1.29 is 4.84 Å². The highest BCUT2D eigenvalue weighted by Crippen LogP contribution is 2.10. The van der Waals surface area contributed by atoms with Gasteiger partial charge in [0.1, 0.15) is 0 Å². The molecule has 0 aliphatic carbocycles. The first-order chi connectivity index (χ1) is 11.9. The Bertz CT molecular complexity index is 311. The minimum absolute atomic E-state index is 0.